The van der Waals surface area contributed by atoms with Crippen molar-refractivity contribution in [1.82, 2.24) is 15.1 Å². The van der Waals surface area contributed by atoms with E-state index in [9.17, 15) is 0 Å². The molecule has 1 radical (unpaired) electrons. The fourth-order valence-corrected chi connectivity index (χ4v) is 1.36. The summed E-state index contributed by atoms with van der Waals surface area (Å²) in [4.78, 5) is 0. The maximum Gasteiger partial charge on any atom is 0.237 e. The second kappa shape index (κ2) is 2.38. The molecule has 0 unspecified atom stereocenters. The molecule has 51 valence electrons. The summed E-state index contributed by atoms with van der Waals surface area (Å²) in [5, 5.41) is 9.10. The van der Waals surface area contributed by atoms with Crippen LogP contribution in [0.1, 0.15) is 0 Å². The van der Waals surface area contributed by atoms with Gasteiger partial charge in [0.2, 0.25) is 5.50 Å². The second-order valence-corrected chi connectivity index (χ2v) is 2.72. The van der Waals surface area contributed by atoms with Crippen LogP contribution in [-0.2, 0) is 0 Å². The minimum absolute atomic E-state index is 1.03. The molecule has 2 rings (SSSR count). The zero-order valence-electron chi connectivity index (χ0n) is 5.19. The maximum absolute atomic E-state index is 4.05. The Bertz CT molecular complexity index is 221. The zero-order valence-corrected chi connectivity index (χ0v) is 6.01. The summed E-state index contributed by atoms with van der Waals surface area (Å²) in [6.07, 6.45) is 5.55. The lowest BCUT2D eigenvalue weighted by molar-refractivity contribution is 0.720. The Kier molecular flexibility index (Phi) is 1.39. The lowest BCUT2D eigenvalue weighted by Gasteiger charge is -2.06. The molecular formula is C6H6N3S. The molecular weight excluding hydrogens is 146 g/mol. The van der Waals surface area contributed by atoms with Gasteiger partial charge in [-0.3, -0.25) is 0 Å². The van der Waals surface area contributed by atoms with Gasteiger partial charge in [0, 0.05) is 18.6 Å². The van der Waals surface area contributed by atoms with Gasteiger partial charge in [0.1, 0.15) is 0 Å². The van der Waals surface area contributed by atoms with Crippen LogP contribution in [0.4, 0.5) is 0 Å². The van der Waals surface area contributed by atoms with E-state index in [1.807, 2.05) is 23.9 Å². The van der Waals surface area contributed by atoms with E-state index in [1.165, 1.54) is 0 Å². The smallest absolute Gasteiger partial charge is 0.237 e. The number of hydrogen-bond donors (Lipinski definition) is 1. The summed E-state index contributed by atoms with van der Waals surface area (Å²) in [7, 11) is 0. The van der Waals surface area contributed by atoms with Gasteiger partial charge in [-0.15, -0.1) is 0 Å². The molecule has 0 saturated carbocycles. The molecule has 0 bridgehead atoms. The number of nitrogens with zero attached hydrogens (tertiary/aromatic N) is 2. The highest BCUT2D eigenvalue weighted by atomic mass is 32.2. The summed E-state index contributed by atoms with van der Waals surface area (Å²) in [5.41, 5.74) is 1.03. The van der Waals surface area contributed by atoms with Crippen molar-refractivity contribution in [1.29, 1.82) is 0 Å². The molecule has 4 heteroatoms. The van der Waals surface area contributed by atoms with Crippen LogP contribution in [-0.4, -0.2) is 9.78 Å². The quantitative estimate of drug-likeness (QED) is 0.650. The topological polar surface area (TPSA) is 29.9 Å². The van der Waals surface area contributed by atoms with Gasteiger partial charge >= 0.3 is 0 Å². The second-order valence-electron chi connectivity index (χ2n) is 1.82. The third kappa shape index (κ3) is 0.903. The third-order valence-electron chi connectivity index (χ3n) is 1.17. The number of thioether (sulfide) groups is 1. The molecule has 0 spiro atoms. The molecule has 0 amide bonds. The fourth-order valence-electron chi connectivity index (χ4n) is 0.747. The van der Waals surface area contributed by atoms with Crippen molar-refractivity contribution in [2.75, 3.05) is 0 Å². The Morgan fingerprint density at radius 3 is 3.20 bits per heavy atom. The molecule has 1 N–H and O–H groups in total. The fraction of sp³-hybridized carbons (Fsp3) is 0. The Balaban J connectivity index is 2.14. The van der Waals surface area contributed by atoms with Gasteiger partial charge in [-0.25, -0.2) is 4.68 Å². The van der Waals surface area contributed by atoms with Gasteiger partial charge < -0.3 is 5.32 Å². The molecule has 0 saturated heterocycles. The minimum Gasteiger partial charge on any atom is -0.354 e. The monoisotopic (exact) mass is 152 g/mol. The predicted octanol–water partition coefficient (Wildman–Crippen LogP) is 0.986. The van der Waals surface area contributed by atoms with Gasteiger partial charge in [-0.2, -0.15) is 5.10 Å². The maximum atomic E-state index is 4.05. The van der Waals surface area contributed by atoms with Crippen molar-refractivity contribution in [3.05, 3.63) is 35.6 Å². The van der Waals surface area contributed by atoms with Gasteiger partial charge in [0.05, 0.1) is 0 Å². The summed E-state index contributed by atoms with van der Waals surface area (Å²) in [5.74, 6) is 0. The molecule has 3 nitrogen and oxygen atoms in total. The number of nitrogens with one attached hydrogen (secondary N) is 1. The van der Waals surface area contributed by atoms with E-state index in [0.717, 1.165) is 5.50 Å². The summed E-state index contributed by atoms with van der Waals surface area (Å²) >= 11 is 1.63. The first-order valence-corrected chi connectivity index (χ1v) is 3.80. The molecule has 1 aliphatic heterocycles. The zero-order chi connectivity index (χ0) is 6.81. The highest BCUT2D eigenvalue weighted by Crippen LogP contribution is 2.22. The highest BCUT2D eigenvalue weighted by molar-refractivity contribution is 8.05. The van der Waals surface area contributed by atoms with E-state index in [2.05, 4.69) is 10.4 Å². The Morgan fingerprint density at radius 1 is 1.60 bits per heavy atom. The first kappa shape index (κ1) is 5.85. The Labute approximate surface area is 63.1 Å². The minimum atomic E-state index is 1.03. The molecule has 0 fully saturated rings. The van der Waals surface area contributed by atoms with E-state index in [4.69, 9.17) is 0 Å². The van der Waals surface area contributed by atoms with Gasteiger partial charge in [-0.1, -0.05) is 11.8 Å². The van der Waals surface area contributed by atoms with Gasteiger partial charge in [0.15, 0.2) is 0 Å². The van der Waals surface area contributed by atoms with E-state index < -0.39 is 0 Å². The average molecular weight is 152 g/mol. The van der Waals surface area contributed by atoms with Crippen LogP contribution >= 0.6 is 11.8 Å². The van der Waals surface area contributed by atoms with Crippen molar-refractivity contribution in [2.45, 2.75) is 0 Å². The van der Waals surface area contributed by atoms with Crippen molar-refractivity contribution in [3.63, 3.8) is 0 Å². The van der Waals surface area contributed by atoms with Crippen LogP contribution in [0.5, 0.6) is 0 Å². The van der Waals surface area contributed by atoms with Crippen LogP contribution in [0, 0.1) is 5.50 Å². The van der Waals surface area contributed by atoms with E-state index >= 15 is 0 Å². The SMILES string of the molecule is C1=CS[C](n2cccn2)N1. The Morgan fingerprint density at radius 2 is 2.60 bits per heavy atom. The van der Waals surface area contributed by atoms with Gasteiger partial charge in [0.25, 0.3) is 0 Å². The lowest BCUT2D eigenvalue weighted by Crippen LogP contribution is -2.16. The standard InChI is InChI=1S/C6H6N3S/c1-2-8-9(4-1)6-7-3-5-10-6/h1-5,7H. The van der Waals surface area contributed by atoms with Crippen LogP contribution < -0.4 is 5.32 Å². The average Bonchev–Trinajstić information content (AvgIpc) is 2.59. The van der Waals surface area contributed by atoms with Crippen molar-refractivity contribution >= 4 is 11.8 Å². The molecule has 1 aromatic rings. The van der Waals surface area contributed by atoms with Crippen LogP contribution in [0.3, 0.4) is 0 Å². The molecule has 2 heterocycles. The van der Waals surface area contributed by atoms with Crippen LogP contribution in [0.15, 0.2) is 30.1 Å². The highest BCUT2D eigenvalue weighted by Gasteiger charge is 2.12. The number of rotatable bonds is 1. The molecule has 0 atom stereocenters. The molecule has 0 aromatic carbocycles. The van der Waals surface area contributed by atoms with Crippen molar-refractivity contribution in [3.8, 4) is 0 Å². The number of aromatic nitrogens is 2. The summed E-state index contributed by atoms with van der Waals surface area (Å²) in [6.45, 7) is 0. The molecule has 1 aromatic heterocycles. The molecule has 10 heavy (non-hydrogen) atoms. The Hall–Kier alpha value is -0.900. The van der Waals surface area contributed by atoms with Crippen molar-refractivity contribution in [2.24, 2.45) is 0 Å². The first-order chi connectivity index (χ1) is 4.97. The van der Waals surface area contributed by atoms with Crippen molar-refractivity contribution < 1.29 is 0 Å². The van der Waals surface area contributed by atoms with Gasteiger partial charge in [-0.05, 0) is 11.5 Å². The third-order valence-corrected chi connectivity index (χ3v) is 1.97. The van der Waals surface area contributed by atoms with E-state index in [-0.39, 0.29) is 0 Å². The van der Waals surface area contributed by atoms with E-state index in [0.29, 0.717) is 0 Å². The van der Waals surface area contributed by atoms with Crippen LogP contribution in [0.25, 0.3) is 0 Å². The molecule has 0 aliphatic carbocycles. The largest absolute Gasteiger partial charge is 0.354 e. The number of hydrogen-bond acceptors (Lipinski definition) is 3. The van der Waals surface area contributed by atoms with E-state index in [1.54, 1.807) is 22.6 Å². The van der Waals surface area contributed by atoms with Crippen LogP contribution in [0.2, 0.25) is 0 Å². The summed E-state index contributed by atoms with van der Waals surface area (Å²) in [6, 6.07) is 1.90. The molecule has 1 aliphatic rings. The lowest BCUT2D eigenvalue weighted by atomic mass is 10.7. The normalized spacial score (nSPS) is 17.6. The first-order valence-electron chi connectivity index (χ1n) is 2.92. The summed E-state index contributed by atoms with van der Waals surface area (Å²) < 4.78 is 1.80. The predicted molar refractivity (Wildman–Crippen MR) is 40.7 cm³/mol.